The number of hydrogen-bond donors (Lipinski definition) is 11. The van der Waals surface area contributed by atoms with Gasteiger partial charge in [-0.25, -0.2) is 38.0 Å². The number of methoxy groups -OCH3 is 1. The first-order valence-electron chi connectivity index (χ1n) is 22.9. The number of anilines is 2. The fourth-order valence-electron chi connectivity index (χ4n) is 9.15. The molecule has 6 unspecified atom stereocenters. The van der Waals surface area contributed by atoms with Crippen LogP contribution in [0.25, 0.3) is 22.3 Å². The van der Waals surface area contributed by atoms with E-state index in [9.17, 15) is 72.3 Å². The molecule has 3 saturated heterocycles. The highest BCUT2D eigenvalue weighted by Gasteiger charge is 2.58. The Morgan fingerprint density at radius 1 is 0.795 bits per heavy atom. The largest absolute Gasteiger partial charge is 0.490 e. The van der Waals surface area contributed by atoms with Crippen LogP contribution in [0, 0.1) is 5.92 Å². The minimum absolute atomic E-state index is 0.000111. The minimum atomic E-state index is -6.23. The lowest BCUT2D eigenvalue weighted by atomic mass is 9.92. The first kappa shape index (κ1) is 59.1. The van der Waals surface area contributed by atoms with Crippen LogP contribution in [-0.4, -0.2) is 179 Å². The molecule has 3 aliphatic rings. The number of phosphoric ester groups is 2. The summed E-state index contributed by atoms with van der Waals surface area (Å²) < 4.78 is 106. The number of aromatic amines is 2. The highest BCUT2D eigenvalue weighted by Crippen LogP contribution is 2.68. The Labute approximate surface area is 436 Å². The number of aliphatic hydroxyl groups excluding tert-OH is 3. The SMILES string of the molecule is CO[C@H]1[C@H](n2cnc3c(N)ncnc32)OC(COP(=O)(O)OP(=O)(O)OP(=O)(O)OC[C@H]2OC(n3c[n+](C)c4c(=O)[nH]c(N)nc43)[C@H](O)[C@@H]2CCCC(=O)N(C)C)[C@H]1P(=O)(O)OC[C@H]1O[C@@H](n2ccc(=O)[nH]c2=O)[C@H](O)[C@@H]1O. The summed E-state index contributed by atoms with van der Waals surface area (Å²) in [6.45, 7) is -3.29. The van der Waals surface area contributed by atoms with Crippen LogP contribution in [0.1, 0.15) is 37.9 Å². The summed E-state index contributed by atoms with van der Waals surface area (Å²) in [7, 11) is -17.8. The molecule has 78 heavy (non-hydrogen) atoms. The molecular formula is C37H54N13O24P4+. The summed E-state index contributed by atoms with van der Waals surface area (Å²) in [5, 5.41) is 33.1. The van der Waals surface area contributed by atoms with Crippen molar-refractivity contribution in [2.45, 2.75) is 86.3 Å². The highest BCUT2D eigenvalue weighted by molar-refractivity contribution is 7.66. The molecule has 5 aromatic rings. The number of aliphatic hydroxyl groups is 3. The third kappa shape index (κ3) is 12.4. The third-order valence-electron chi connectivity index (χ3n) is 12.7. The molecule has 8 rings (SSSR count). The van der Waals surface area contributed by atoms with Crippen molar-refractivity contribution in [2.24, 2.45) is 13.0 Å². The minimum Gasteiger partial charge on any atom is -0.387 e. The monoisotopic (exact) mass is 1190 g/mol. The van der Waals surface area contributed by atoms with Gasteiger partial charge in [0.1, 0.15) is 54.1 Å². The van der Waals surface area contributed by atoms with Crippen LogP contribution in [0.15, 0.2) is 45.6 Å². The number of aromatic nitrogens is 10. The second kappa shape index (κ2) is 22.8. The van der Waals surface area contributed by atoms with Crippen LogP contribution in [0.2, 0.25) is 0 Å². The molecule has 0 aliphatic carbocycles. The molecule has 430 valence electrons. The van der Waals surface area contributed by atoms with Gasteiger partial charge in [-0.2, -0.15) is 18.2 Å². The van der Waals surface area contributed by atoms with E-state index in [1.54, 1.807) is 0 Å². The van der Waals surface area contributed by atoms with E-state index in [1.165, 1.54) is 46.1 Å². The number of hydrogen-bond acceptors (Lipinski definition) is 26. The molecule has 0 radical (unpaired) electrons. The number of fused-ring (bicyclic) bond motifs is 2. The molecule has 41 heteroatoms. The van der Waals surface area contributed by atoms with Gasteiger partial charge < -0.3 is 74.7 Å². The first-order chi connectivity index (χ1) is 36.5. The molecule has 13 N–H and O–H groups in total. The van der Waals surface area contributed by atoms with E-state index in [1.807, 2.05) is 4.98 Å². The second-order valence-corrected chi connectivity index (χ2v) is 24.7. The lowest BCUT2D eigenvalue weighted by Gasteiger charge is -2.28. The van der Waals surface area contributed by atoms with Crippen LogP contribution < -0.4 is 32.8 Å². The number of nitrogen functional groups attached to an aromatic ring is 2. The van der Waals surface area contributed by atoms with Gasteiger partial charge >= 0.3 is 42.3 Å². The molecular weight excluding hydrogens is 1130 g/mol. The molecule has 0 bridgehead atoms. The van der Waals surface area contributed by atoms with Crippen molar-refractivity contribution < 1.29 is 104 Å². The second-order valence-electron chi connectivity index (χ2n) is 18.1. The summed E-state index contributed by atoms with van der Waals surface area (Å²) in [4.78, 5) is 115. The van der Waals surface area contributed by atoms with Crippen molar-refractivity contribution in [3.05, 3.63) is 62.4 Å². The number of rotatable bonds is 22. The number of H-pyrrole nitrogens is 2. The van der Waals surface area contributed by atoms with E-state index >= 15 is 0 Å². The van der Waals surface area contributed by atoms with Gasteiger partial charge in [0.15, 0.2) is 23.9 Å². The van der Waals surface area contributed by atoms with Gasteiger partial charge in [0.05, 0.1) is 39.3 Å². The zero-order valence-electron chi connectivity index (χ0n) is 41.1. The Morgan fingerprint density at radius 3 is 2.08 bits per heavy atom. The van der Waals surface area contributed by atoms with E-state index in [-0.39, 0.29) is 59.3 Å². The number of ether oxygens (including phenoxy) is 4. The van der Waals surface area contributed by atoms with Crippen molar-refractivity contribution in [1.82, 2.24) is 48.5 Å². The number of nitrogens with one attached hydrogen (secondary N) is 2. The Balaban J connectivity index is 0.964. The van der Waals surface area contributed by atoms with E-state index < -0.39 is 141 Å². The van der Waals surface area contributed by atoms with Gasteiger partial charge in [-0.3, -0.25) is 47.1 Å². The van der Waals surface area contributed by atoms with E-state index in [0.717, 1.165) is 36.6 Å². The molecule has 5 aromatic heterocycles. The van der Waals surface area contributed by atoms with E-state index in [0.29, 0.717) is 0 Å². The zero-order valence-corrected chi connectivity index (χ0v) is 44.7. The Morgan fingerprint density at radius 2 is 1.42 bits per heavy atom. The number of carbonyl (C=O) groups excluding carboxylic acids is 1. The maximum atomic E-state index is 14.3. The number of amides is 1. The Bertz CT molecular complexity index is 3430. The maximum absolute atomic E-state index is 14.3. The standard InChI is InChI=1S/C37H53N13O24P4/c1-46(2)21(52)7-5-6-16-17(70-33(24(16)53)50-15-47(3)23-31(50)44-36(39)45-32(23)56)10-68-76(60,61)73-78(64,65)74-77(62,63)69-12-19-28(27(66-4)35(72-19)49-14-42-22-29(38)40-13-41-30(22)49)75(58,59)67-11-18-25(54)26(55)34(71-18)48-9-8-20(51)43-37(48)57/h8-9,13-19,24-28,33-35,53-55H,5-7,10-12H2,1-4H3,(H9-,38,39,40,41,43,44,45,51,56,57,58,59,60,61,62,63,64,65)/p+1/t16-,17-,18-,19?,24-,25-,26-,27-,28-,33?,34-,35-/m1/s1. The van der Waals surface area contributed by atoms with Gasteiger partial charge in [0.25, 0.3) is 16.7 Å². The Hall–Kier alpha value is -5.07. The van der Waals surface area contributed by atoms with Crippen molar-refractivity contribution in [1.29, 1.82) is 0 Å². The van der Waals surface area contributed by atoms with E-state index in [4.69, 9.17) is 44.0 Å². The number of aryl methyl sites for hydroxylation is 1. The summed E-state index contributed by atoms with van der Waals surface area (Å²) in [6.07, 6.45) is -11.6. The summed E-state index contributed by atoms with van der Waals surface area (Å²) >= 11 is 0. The predicted octanol–water partition coefficient (Wildman–Crippen LogP) is -3.29. The molecule has 3 fully saturated rings. The Kier molecular flexibility index (Phi) is 17.3. The van der Waals surface area contributed by atoms with E-state index in [2.05, 4.69) is 33.5 Å². The molecule has 0 aromatic carbocycles. The van der Waals surface area contributed by atoms with Crippen LogP contribution in [-0.2, 0) is 71.2 Å². The summed E-state index contributed by atoms with van der Waals surface area (Å²) in [5.41, 5.74) is 7.28. The predicted molar refractivity (Wildman–Crippen MR) is 257 cm³/mol. The average molecular weight is 1190 g/mol. The quantitative estimate of drug-likeness (QED) is 0.0239. The molecule has 0 saturated carbocycles. The van der Waals surface area contributed by atoms with Gasteiger partial charge in [-0.05, 0) is 12.8 Å². The van der Waals surface area contributed by atoms with Crippen molar-refractivity contribution in [2.75, 3.05) is 52.5 Å². The lowest BCUT2D eigenvalue weighted by Crippen LogP contribution is -2.38. The lowest BCUT2D eigenvalue weighted by molar-refractivity contribution is -0.646. The highest BCUT2D eigenvalue weighted by atomic mass is 31.3. The van der Waals surface area contributed by atoms with Crippen molar-refractivity contribution >= 4 is 71.1 Å². The van der Waals surface area contributed by atoms with Crippen molar-refractivity contribution in [3.63, 3.8) is 0 Å². The third-order valence-corrected chi connectivity index (χ3v) is 18.9. The summed E-state index contributed by atoms with van der Waals surface area (Å²) in [6, 6.07) is 0.925. The fraction of sp³-hybridized carbons (Fsp3) is 0.595. The number of imidazole rings is 2. The summed E-state index contributed by atoms with van der Waals surface area (Å²) in [5.74, 6) is -1.65. The van der Waals surface area contributed by atoms with Gasteiger partial charge in [-0.15, -0.1) is 0 Å². The normalized spacial score (nSPS) is 29.6. The molecule has 8 heterocycles. The zero-order chi connectivity index (χ0) is 57.0. The molecule has 16 atom stereocenters. The van der Waals surface area contributed by atoms with Crippen LogP contribution >= 0.6 is 31.1 Å². The van der Waals surface area contributed by atoms with Crippen LogP contribution in [0.4, 0.5) is 11.8 Å². The van der Waals surface area contributed by atoms with Gasteiger partial charge in [0.2, 0.25) is 24.4 Å². The van der Waals surface area contributed by atoms with Gasteiger partial charge in [0, 0.05) is 45.8 Å². The molecule has 37 nitrogen and oxygen atoms in total. The topological polar surface area (TPSA) is 518 Å². The number of nitrogens with zero attached hydrogens (tertiary/aromatic N) is 9. The fourth-order valence-corrected chi connectivity index (χ4v) is 14.4. The van der Waals surface area contributed by atoms with Gasteiger partial charge in [-0.1, -0.05) is 0 Å². The molecule has 3 aliphatic heterocycles. The number of nitrogens with two attached hydrogens (primary N) is 2. The van der Waals surface area contributed by atoms with Crippen molar-refractivity contribution in [3.8, 4) is 0 Å². The molecule has 1 amide bonds. The number of carbonyl (C=O) groups is 1. The van der Waals surface area contributed by atoms with Crippen LogP contribution in [0.3, 0.4) is 0 Å². The molecule has 0 spiro atoms. The van der Waals surface area contributed by atoms with Crippen LogP contribution in [0.5, 0.6) is 0 Å². The smallest absolute Gasteiger partial charge is 0.387 e. The number of phosphoric acid groups is 3. The average Bonchev–Trinajstić information content (AvgIpc) is 4.19. The first-order valence-corrected chi connectivity index (χ1v) is 29.1. The maximum Gasteiger partial charge on any atom is 0.490 e.